The van der Waals surface area contributed by atoms with Gasteiger partial charge >= 0.3 is 20.8 Å². The molecule has 0 aliphatic carbocycles. The van der Waals surface area contributed by atoms with Crippen LogP contribution >= 0.6 is 0 Å². The monoisotopic (exact) mass is 378 g/mol. The van der Waals surface area contributed by atoms with E-state index in [2.05, 4.69) is 0 Å². The molecule has 0 bridgehead atoms. The SMILES string of the molecule is CCO.COc1ccc(C=O)cc1.O=S(=O)(O)O.O=S(=O)(O)O. The molecule has 0 fully saturated rings. The molecule has 0 saturated carbocycles. The Morgan fingerprint density at radius 3 is 1.39 bits per heavy atom. The van der Waals surface area contributed by atoms with E-state index in [0.29, 0.717) is 5.56 Å². The third-order valence-corrected chi connectivity index (χ3v) is 1.25. The predicted octanol–water partition coefficient (Wildman–Crippen LogP) is 0.201. The number of hydrogen-bond donors (Lipinski definition) is 5. The maximum Gasteiger partial charge on any atom is 0.394 e. The van der Waals surface area contributed by atoms with Gasteiger partial charge in [-0.05, 0) is 31.2 Å². The summed E-state index contributed by atoms with van der Waals surface area (Å²) in [5.41, 5.74) is 0.667. The van der Waals surface area contributed by atoms with Gasteiger partial charge in [-0.3, -0.25) is 23.0 Å². The Morgan fingerprint density at radius 2 is 1.22 bits per heavy atom. The standard InChI is InChI=1S/C8H8O2.C2H6O.2H2O4S/c1-10-8-4-2-7(6-9)3-5-8;1-2-3;2*1-5(2,3)4/h2-6H,1H3;3H,2H2,1H3;2*(H2,1,2,3,4). The van der Waals surface area contributed by atoms with Crippen molar-refractivity contribution in [3.05, 3.63) is 29.8 Å². The van der Waals surface area contributed by atoms with Crippen molar-refractivity contribution in [2.45, 2.75) is 6.92 Å². The lowest BCUT2D eigenvalue weighted by molar-refractivity contribution is 0.112. The van der Waals surface area contributed by atoms with Gasteiger partial charge in [0.15, 0.2) is 0 Å². The smallest absolute Gasteiger partial charge is 0.394 e. The lowest BCUT2D eigenvalue weighted by Crippen LogP contribution is -1.89. The second-order valence-corrected chi connectivity index (χ2v) is 4.89. The summed E-state index contributed by atoms with van der Waals surface area (Å²) >= 11 is 0. The summed E-state index contributed by atoms with van der Waals surface area (Å²) in [4.78, 5) is 10.2. The Balaban J connectivity index is -0.000000263. The van der Waals surface area contributed by atoms with E-state index in [1.807, 2.05) is 0 Å². The normalized spacial score (nSPS) is 9.70. The molecule has 0 saturated heterocycles. The van der Waals surface area contributed by atoms with E-state index < -0.39 is 20.8 Å². The highest BCUT2D eigenvalue weighted by Crippen LogP contribution is 2.09. The summed E-state index contributed by atoms with van der Waals surface area (Å²) in [5.74, 6) is 0.769. The summed E-state index contributed by atoms with van der Waals surface area (Å²) in [6.07, 6.45) is 0.805. The van der Waals surface area contributed by atoms with Crippen molar-refractivity contribution in [2.24, 2.45) is 0 Å². The third-order valence-electron chi connectivity index (χ3n) is 1.25. The second-order valence-electron chi connectivity index (χ2n) is 3.10. The number of aliphatic hydroxyl groups is 1. The van der Waals surface area contributed by atoms with Crippen LogP contribution in [-0.2, 0) is 20.8 Å². The molecule has 0 unspecified atom stereocenters. The number of methoxy groups -OCH3 is 1. The molecular formula is C10H18O11S2. The van der Waals surface area contributed by atoms with Crippen LogP contribution in [0.4, 0.5) is 0 Å². The van der Waals surface area contributed by atoms with E-state index in [-0.39, 0.29) is 6.61 Å². The fourth-order valence-electron chi connectivity index (χ4n) is 0.682. The molecule has 11 nitrogen and oxygen atoms in total. The molecule has 0 aliphatic heterocycles. The maximum atomic E-state index is 10.2. The minimum Gasteiger partial charge on any atom is -0.497 e. The first-order valence-corrected chi connectivity index (χ1v) is 8.17. The van der Waals surface area contributed by atoms with Gasteiger partial charge in [0, 0.05) is 12.2 Å². The van der Waals surface area contributed by atoms with E-state index in [0.717, 1.165) is 12.0 Å². The van der Waals surface area contributed by atoms with Gasteiger partial charge in [-0.25, -0.2) is 0 Å². The van der Waals surface area contributed by atoms with Crippen LogP contribution in [0.2, 0.25) is 0 Å². The Bertz CT molecular complexity index is 559. The van der Waals surface area contributed by atoms with Gasteiger partial charge in [0.2, 0.25) is 0 Å². The van der Waals surface area contributed by atoms with Crippen LogP contribution in [0.15, 0.2) is 24.3 Å². The van der Waals surface area contributed by atoms with E-state index in [4.69, 9.17) is 44.9 Å². The quantitative estimate of drug-likeness (QED) is 0.348. The van der Waals surface area contributed by atoms with Gasteiger partial charge in [-0.15, -0.1) is 0 Å². The van der Waals surface area contributed by atoms with E-state index in [1.165, 1.54) is 0 Å². The molecule has 23 heavy (non-hydrogen) atoms. The van der Waals surface area contributed by atoms with Crippen molar-refractivity contribution in [2.75, 3.05) is 13.7 Å². The molecule has 136 valence electrons. The van der Waals surface area contributed by atoms with Crippen LogP contribution in [0.1, 0.15) is 17.3 Å². The number of rotatable bonds is 2. The lowest BCUT2D eigenvalue weighted by Gasteiger charge is -1.96. The van der Waals surface area contributed by atoms with E-state index in [1.54, 1.807) is 38.3 Å². The summed E-state index contributed by atoms with van der Waals surface area (Å²) in [7, 11) is -7.74. The van der Waals surface area contributed by atoms with Crippen LogP contribution in [0.5, 0.6) is 5.75 Å². The average molecular weight is 378 g/mol. The Kier molecular flexibility index (Phi) is 16.0. The Hall–Kier alpha value is -1.61. The zero-order valence-electron chi connectivity index (χ0n) is 12.1. The molecule has 0 heterocycles. The lowest BCUT2D eigenvalue weighted by atomic mass is 10.2. The highest BCUT2D eigenvalue weighted by atomic mass is 32.3. The number of ether oxygens (including phenoxy) is 1. The number of aliphatic hydroxyl groups excluding tert-OH is 1. The largest absolute Gasteiger partial charge is 0.497 e. The number of hydrogen-bond acceptors (Lipinski definition) is 7. The van der Waals surface area contributed by atoms with Gasteiger partial charge in [0.05, 0.1) is 7.11 Å². The molecule has 0 aliphatic rings. The summed E-state index contributed by atoms with van der Waals surface area (Å²) in [6.45, 7) is 1.93. The highest BCUT2D eigenvalue weighted by molar-refractivity contribution is 7.80. The highest BCUT2D eigenvalue weighted by Gasteiger charge is 1.89. The van der Waals surface area contributed by atoms with Gasteiger partial charge < -0.3 is 9.84 Å². The van der Waals surface area contributed by atoms with Gasteiger partial charge in [-0.1, -0.05) is 0 Å². The van der Waals surface area contributed by atoms with Crippen LogP contribution in [0, 0.1) is 0 Å². The maximum absolute atomic E-state index is 10.2. The van der Waals surface area contributed by atoms with Crippen LogP contribution < -0.4 is 4.74 Å². The van der Waals surface area contributed by atoms with Crippen LogP contribution in [0.3, 0.4) is 0 Å². The zero-order chi connectivity index (χ0) is 19.1. The molecule has 0 radical (unpaired) electrons. The average Bonchev–Trinajstić information content (AvgIpc) is 2.36. The van der Waals surface area contributed by atoms with Gasteiger partial charge in [-0.2, -0.15) is 16.8 Å². The third kappa shape index (κ3) is 44.9. The van der Waals surface area contributed by atoms with Crippen molar-refractivity contribution in [1.29, 1.82) is 0 Å². The summed E-state index contributed by atoms with van der Waals surface area (Å²) in [6, 6.07) is 6.94. The number of benzene rings is 1. The zero-order valence-corrected chi connectivity index (χ0v) is 13.7. The number of carbonyl (C=O) groups is 1. The molecule has 0 amide bonds. The molecule has 0 atom stereocenters. The number of aldehydes is 1. The van der Waals surface area contributed by atoms with Crippen molar-refractivity contribution in [3.8, 4) is 5.75 Å². The minimum atomic E-state index is -4.67. The molecular weight excluding hydrogens is 360 g/mol. The van der Waals surface area contributed by atoms with E-state index in [9.17, 15) is 4.79 Å². The van der Waals surface area contributed by atoms with Crippen molar-refractivity contribution < 1.29 is 49.7 Å². The van der Waals surface area contributed by atoms with Crippen molar-refractivity contribution >= 4 is 27.1 Å². The number of carbonyl (C=O) groups excluding carboxylic acids is 1. The van der Waals surface area contributed by atoms with Crippen LogP contribution in [0.25, 0.3) is 0 Å². The first-order valence-electron chi connectivity index (χ1n) is 5.38. The topological polar surface area (TPSA) is 196 Å². The first-order chi connectivity index (χ1) is 10.3. The Morgan fingerprint density at radius 1 is 0.957 bits per heavy atom. The Labute approximate surface area is 133 Å². The summed E-state index contributed by atoms with van der Waals surface area (Å²) < 4.78 is 68.1. The van der Waals surface area contributed by atoms with Crippen molar-refractivity contribution in [1.82, 2.24) is 0 Å². The fourth-order valence-corrected chi connectivity index (χ4v) is 0.682. The molecule has 0 spiro atoms. The molecule has 13 heteroatoms. The van der Waals surface area contributed by atoms with Crippen LogP contribution in [-0.4, -0.2) is 60.2 Å². The van der Waals surface area contributed by atoms with Gasteiger partial charge in [0.25, 0.3) is 0 Å². The fraction of sp³-hybridized carbons (Fsp3) is 0.300. The predicted molar refractivity (Wildman–Crippen MR) is 79.5 cm³/mol. The molecule has 1 aromatic carbocycles. The van der Waals surface area contributed by atoms with Crippen molar-refractivity contribution in [3.63, 3.8) is 0 Å². The first kappa shape index (κ1) is 26.3. The molecule has 5 N–H and O–H groups in total. The molecule has 1 aromatic rings. The minimum absolute atomic E-state index is 0.250. The van der Waals surface area contributed by atoms with E-state index >= 15 is 0 Å². The summed E-state index contributed by atoms with van der Waals surface area (Å²) in [5, 5.41) is 7.57. The molecule has 1 rings (SSSR count). The van der Waals surface area contributed by atoms with Gasteiger partial charge in [0.1, 0.15) is 12.0 Å². The molecule has 0 aromatic heterocycles. The second kappa shape index (κ2) is 14.0.